The van der Waals surface area contributed by atoms with Crippen molar-refractivity contribution in [2.75, 3.05) is 38.0 Å². The number of anilines is 2. The van der Waals surface area contributed by atoms with E-state index in [1.165, 1.54) is 16.8 Å². The Labute approximate surface area is 127 Å². The van der Waals surface area contributed by atoms with Gasteiger partial charge >= 0.3 is 0 Å². The Morgan fingerprint density at radius 2 is 1.81 bits per heavy atom. The van der Waals surface area contributed by atoms with E-state index in [4.69, 9.17) is 4.74 Å². The number of hydrogen-bond donors (Lipinski definition) is 1. The van der Waals surface area contributed by atoms with Gasteiger partial charge < -0.3 is 15.0 Å². The van der Waals surface area contributed by atoms with E-state index in [9.17, 15) is 0 Å². The van der Waals surface area contributed by atoms with Crippen molar-refractivity contribution in [2.45, 2.75) is 13.0 Å². The minimum absolute atomic E-state index is 0.153. The van der Waals surface area contributed by atoms with Gasteiger partial charge in [-0.1, -0.05) is 30.3 Å². The Balaban J connectivity index is 2.21. The van der Waals surface area contributed by atoms with E-state index in [2.05, 4.69) is 73.7 Å². The zero-order chi connectivity index (χ0) is 15.2. The molecule has 1 N–H and O–H groups in total. The molecule has 0 saturated heterocycles. The maximum Gasteiger partial charge on any atom is 0.0747 e. The third-order valence-electron chi connectivity index (χ3n) is 3.59. The van der Waals surface area contributed by atoms with Crippen molar-refractivity contribution in [2.24, 2.45) is 0 Å². The summed E-state index contributed by atoms with van der Waals surface area (Å²) < 4.78 is 5.36. The van der Waals surface area contributed by atoms with Crippen molar-refractivity contribution in [1.82, 2.24) is 0 Å². The minimum Gasteiger partial charge on any atom is -0.382 e. The number of rotatable bonds is 6. The highest BCUT2D eigenvalue weighted by molar-refractivity contribution is 5.60. The summed E-state index contributed by atoms with van der Waals surface area (Å²) in [6.45, 7) is 2.77. The van der Waals surface area contributed by atoms with Gasteiger partial charge in [-0.2, -0.15) is 0 Å². The number of aryl methyl sites for hydroxylation is 1. The molecule has 3 nitrogen and oxygen atoms in total. The van der Waals surface area contributed by atoms with Crippen LogP contribution in [0.2, 0.25) is 0 Å². The van der Waals surface area contributed by atoms with Crippen LogP contribution >= 0.6 is 0 Å². The van der Waals surface area contributed by atoms with Gasteiger partial charge in [-0.3, -0.25) is 0 Å². The predicted octanol–water partition coefficient (Wildman–Crippen LogP) is 3.86. The van der Waals surface area contributed by atoms with Crippen molar-refractivity contribution in [1.29, 1.82) is 0 Å². The predicted molar refractivity (Wildman–Crippen MR) is 90.2 cm³/mol. The van der Waals surface area contributed by atoms with Crippen LogP contribution in [-0.2, 0) is 4.74 Å². The highest BCUT2D eigenvalue weighted by Crippen LogP contribution is 2.25. The number of nitrogens with one attached hydrogen (secondary N) is 1. The van der Waals surface area contributed by atoms with Gasteiger partial charge in [0.05, 0.1) is 12.6 Å². The van der Waals surface area contributed by atoms with Crippen molar-refractivity contribution < 1.29 is 4.74 Å². The van der Waals surface area contributed by atoms with E-state index >= 15 is 0 Å². The quantitative estimate of drug-likeness (QED) is 0.871. The van der Waals surface area contributed by atoms with Gasteiger partial charge in [0.15, 0.2) is 0 Å². The second kappa shape index (κ2) is 7.14. The Kier molecular flexibility index (Phi) is 5.23. The summed E-state index contributed by atoms with van der Waals surface area (Å²) in [4.78, 5) is 2.11. The van der Waals surface area contributed by atoms with Crippen LogP contribution in [0.5, 0.6) is 0 Å². The third-order valence-corrected chi connectivity index (χ3v) is 3.59. The zero-order valence-corrected chi connectivity index (χ0v) is 13.3. The first-order chi connectivity index (χ1) is 10.1. The summed E-state index contributed by atoms with van der Waals surface area (Å²) in [6, 6.07) is 17.0. The second-order valence-electron chi connectivity index (χ2n) is 5.46. The maximum absolute atomic E-state index is 5.36. The standard InChI is InChI=1S/C18H24N2O/c1-14-12-16(20(2)3)10-11-17(14)19-18(13-21-4)15-8-6-5-7-9-15/h5-12,18-19H,13H2,1-4H3. The summed E-state index contributed by atoms with van der Waals surface area (Å²) >= 11 is 0. The van der Waals surface area contributed by atoms with Gasteiger partial charge in [0.1, 0.15) is 0 Å². The van der Waals surface area contributed by atoms with E-state index < -0.39 is 0 Å². The molecule has 0 aromatic heterocycles. The van der Waals surface area contributed by atoms with Crippen LogP contribution in [0.3, 0.4) is 0 Å². The normalized spacial score (nSPS) is 12.0. The average Bonchev–Trinajstić information content (AvgIpc) is 2.49. The van der Waals surface area contributed by atoms with Gasteiger partial charge in [0, 0.05) is 32.6 Å². The van der Waals surface area contributed by atoms with Crippen LogP contribution in [0, 0.1) is 6.92 Å². The molecule has 1 atom stereocenters. The Morgan fingerprint density at radius 3 is 2.38 bits per heavy atom. The van der Waals surface area contributed by atoms with Gasteiger partial charge in [-0.25, -0.2) is 0 Å². The third kappa shape index (κ3) is 3.99. The first kappa shape index (κ1) is 15.4. The molecule has 0 amide bonds. The molecule has 21 heavy (non-hydrogen) atoms. The Morgan fingerprint density at radius 1 is 1.10 bits per heavy atom. The molecular formula is C18H24N2O. The monoisotopic (exact) mass is 284 g/mol. The zero-order valence-electron chi connectivity index (χ0n) is 13.3. The number of hydrogen-bond acceptors (Lipinski definition) is 3. The second-order valence-corrected chi connectivity index (χ2v) is 5.46. The molecule has 0 aliphatic carbocycles. The minimum atomic E-state index is 0.153. The number of benzene rings is 2. The molecule has 3 heteroatoms. The van der Waals surface area contributed by atoms with Gasteiger partial charge in [0.2, 0.25) is 0 Å². The lowest BCUT2D eigenvalue weighted by Gasteiger charge is -2.22. The lowest BCUT2D eigenvalue weighted by atomic mass is 10.1. The van der Waals surface area contributed by atoms with E-state index in [0.717, 1.165) is 5.69 Å². The Bertz CT molecular complexity index is 567. The summed E-state index contributed by atoms with van der Waals surface area (Å²) in [5.41, 5.74) is 4.82. The fraction of sp³-hybridized carbons (Fsp3) is 0.333. The molecule has 0 bridgehead atoms. The molecule has 112 valence electrons. The maximum atomic E-state index is 5.36. The average molecular weight is 284 g/mol. The lowest BCUT2D eigenvalue weighted by molar-refractivity contribution is 0.186. The van der Waals surface area contributed by atoms with Crippen LogP contribution in [0.15, 0.2) is 48.5 Å². The van der Waals surface area contributed by atoms with Crippen LogP contribution in [0.1, 0.15) is 17.2 Å². The molecule has 0 saturated carbocycles. The van der Waals surface area contributed by atoms with Crippen LogP contribution in [0.4, 0.5) is 11.4 Å². The highest BCUT2D eigenvalue weighted by atomic mass is 16.5. The SMILES string of the molecule is COCC(Nc1ccc(N(C)C)cc1C)c1ccccc1. The van der Waals surface area contributed by atoms with E-state index in [1.54, 1.807) is 7.11 Å². The topological polar surface area (TPSA) is 24.5 Å². The first-order valence-corrected chi connectivity index (χ1v) is 7.20. The molecule has 0 aliphatic heterocycles. The number of nitrogens with zero attached hydrogens (tertiary/aromatic N) is 1. The fourth-order valence-corrected chi connectivity index (χ4v) is 2.35. The molecule has 0 radical (unpaired) electrons. The summed E-state index contributed by atoms with van der Waals surface area (Å²) in [5, 5.41) is 3.59. The van der Waals surface area contributed by atoms with Crippen molar-refractivity contribution in [3.63, 3.8) is 0 Å². The van der Waals surface area contributed by atoms with Gasteiger partial charge in [0.25, 0.3) is 0 Å². The molecule has 0 fully saturated rings. The largest absolute Gasteiger partial charge is 0.382 e. The molecule has 2 aromatic rings. The number of ether oxygens (including phenoxy) is 1. The molecule has 0 heterocycles. The van der Waals surface area contributed by atoms with E-state index in [1.807, 2.05) is 6.07 Å². The molecule has 2 aromatic carbocycles. The molecule has 0 spiro atoms. The lowest BCUT2D eigenvalue weighted by Crippen LogP contribution is -2.17. The Hall–Kier alpha value is -2.00. The molecule has 0 aliphatic rings. The number of methoxy groups -OCH3 is 1. The van der Waals surface area contributed by atoms with Crippen molar-refractivity contribution >= 4 is 11.4 Å². The highest BCUT2D eigenvalue weighted by Gasteiger charge is 2.12. The summed E-state index contributed by atoms with van der Waals surface area (Å²) in [6.07, 6.45) is 0. The summed E-state index contributed by atoms with van der Waals surface area (Å²) in [7, 11) is 5.85. The van der Waals surface area contributed by atoms with Crippen LogP contribution in [0.25, 0.3) is 0 Å². The fourth-order valence-electron chi connectivity index (χ4n) is 2.35. The van der Waals surface area contributed by atoms with E-state index in [0.29, 0.717) is 6.61 Å². The van der Waals surface area contributed by atoms with Crippen LogP contribution < -0.4 is 10.2 Å². The summed E-state index contributed by atoms with van der Waals surface area (Å²) in [5.74, 6) is 0. The van der Waals surface area contributed by atoms with Gasteiger partial charge in [-0.05, 0) is 36.2 Å². The smallest absolute Gasteiger partial charge is 0.0747 e. The molecular weight excluding hydrogens is 260 g/mol. The molecule has 1 unspecified atom stereocenters. The van der Waals surface area contributed by atoms with Crippen molar-refractivity contribution in [3.05, 3.63) is 59.7 Å². The van der Waals surface area contributed by atoms with Crippen LogP contribution in [-0.4, -0.2) is 27.8 Å². The molecule has 2 rings (SSSR count). The van der Waals surface area contributed by atoms with E-state index in [-0.39, 0.29) is 6.04 Å². The van der Waals surface area contributed by atoms with Gasteiger partial charge in [-0.15, -0.1) is 0 Å². The van der Waals surface area contributed by atoms with Crippen molar-refractivity contribution in [3.8, 4) is 0 Å². The first-order valence-electron chi connectivity index (χ1n) is 7.20.